The van der Waals surface area contributed by atoms with Crippen LogP contribution in [0.4, 0.5) is 11.6 Å². The molecular weight excluding hydrogens is 342 g/mol. The predicted molar refractivity (Wildman–Crippen MR) is 84.5 cm³/mol. The van der Waals surface area contributed by atoms with Crippen LogP contribution in [0, 0.1) is 0 Å². The molecule has 0 saturated heterocycles. The average molecular weight is 358 g/mol. The molecule has 0 fully saturated rings. The Kier molecular flexibility index (Phi) is 5.72. The van der Waals surface area contributed by atoms with Crippen molar-refractivity contribution in [2.24, 2.45) is 5.84 Å². The highest BCUT2D eigenvalue weighted by molar-refractivity contribution is 9.10. The third-order valence-electron chi connectivity index (χ3n) is 2.42. The van der Waals surface area contributed by atoms with Crippen molar-refractivity contribution in [2.75, 3.05) is 17.3 Å². The summed E-state index contributed by atoms with van der Waals surface area (Å²) in [6.45, 7) is 3.62. The lowest BCUT2D eigenvalue weighted by Gasteiger charge is -2.09. The number of nitrogens with two attached hydrogens (primary N) is 1. The summed E-state index contributed by atoms with van der Waals surface area (Å²) < 4.78 is 6.40. The predicted octanol–water partition coefficient (Wildman–Crippen LogP) is 2.73. The van der Waals surface area contributed by atoms with Gasteiger partial charge in [0.15, 0.2) is 5.82 Å². The maximum absolute atomic E-state index is 5.41. The van der Waals surface area contributed by atoms with Crippen molar-refractivity contribution in [3.05, 3.63) is 32.7 Å². The van der Waals surface area contributed by atoms with E-state index in [9.17, 15) is 0 Å². The lowest BCUT2D eigenvalue weighted by molar-refractivity contribution is 0.128. The van der Waals surface area contributed by atoms with E-state index in [4.69, 9.17) is 10.6 Å². The second-order valence-electron chi connectivity index (χ2n) is 3.92. The molecule has 6 nitrogen and oxygen atoms in total. The molecule has 2 aromatic heterocycles. The van der Waals surface area contributed by atoms with Gasteiger partial charge >= 0.3 is 0 Å². The van der Waals surface area contributed by atoms with Crippen molar-refractivity contribution in [1.29, 1.82) is 0 Å². The minimum Gasteiger partial charge on any atom is -0.374 e. The smallest absolute Gasteiger partial charge is 0.158 e. The van der Waals surface area contributed by atoms with Crippen LogP contribution in [0.1, 0.15) is 17.6 Å². The van der Waals surface area contributed by atoms with Gasteiger partial charge in [-0.3, -0.25) is 0 Å². The summed E-state index contributed by atoms with van der Waals surface area (Å²) in [4.78, 5) is 9.83. The molecule has 4 N–H and O–H groups in total. The van der Waals surface area contributed by atoms with E-state index < -0.39 is 0 Å². The number of nitrogens with zero attached hydrogens (tertiary/aromatic N) is 2. The van der Waals surface area contributed by atoms with Crippen molar-refractivity contribution < 1.29 is 4.74 Å². The van der Waals surface area contributed by atoms with Gasteiger partial charge < -0.3 is 15.5 Å². The van der Waals surface area contributed by atoms with Gasteiger partial charge in [0.2, 0.25) is 0 Å². The molecule has 0 aromatic carbocycles. The fourth-order valence-corrected chi connectivity index (χ4v) is 2.93. The van der Waals surface area contributed by atoms with Crippen LogP contribution in [0.5, 0.6) is 0 Å². The summed E-state index contributed by atoms with van der Waals surface area (Å²) >= 11 is 5.11. The van der Waals surface area contributed by atoms with Crippen LogP contribution in [0.25, 0.3) is 0 Å². The first kappa shape index (κ1) is 15.2. The Morgan fingerprint density at radius 1 is 1.35 bits per heavy atom. The summed E-state index contributed by atoms with van der Waals surface area (Å²) in [6.07, 6.45) is 0. The third kappa shape index (κ3) is 4.41. The van der Waals surface area contributed by atoms with Crippen LogP contribution in [-0.4, -0.2) is 16.6 Å². The van der Waals surface area contributed by atoms with E-state index >= 15 is 0 Å². The number of nitrogens with one attached hydrogen (secondary N) is 2. The largest absolute Gasteiger partial charge is 0.374 e. The van der Waals surface area contributed by atoms with Crippen molar-refractivity contribution in [1.82, 2.24) is 9.97 Å². The zero-order chi connectivity index (χ0) is 14.4. The number of aromatic nitrogens is 2. The molecular formula is C12H16BrN5OS. The van der Waals surface area contributed by atoms with Gasteiger partial charge in [-0.15, -0.1) is 11.3 Å². The molecule has 0 aliphatic rings. The normalized spacial score (nSPS) is 10.6. The molecule has 0 unspecified atom stereocenters. The van der Waals surface area contributed by atoms with Crippen molar-refractivity contribution in [3.8, 4) is 0 Å². The molecule has 108 valence electrons. The number of thiophene rings is 1. The first-order valence-electron chi connectivity index (χ1n) is 6.10. The molecule has 0 atom stereocenters. The summed E-state index contributed by atoms with van der Waals surface area (Å²) in [7, 11) is 0. The Bertz CT molecular complexity index is 563. The van der Waals surface area contributed by atoms with Gasteiger partial charge in [0.25, 0.3) is 0 Å². The second kappa shape index (κ2) is 7.53. The number of anilines is 2. The number of ether oxygens (including phenoxy) is 1. The number of hydrazine groups is 1. The van der Waals surface area contributed by atoms with Gasteiger partial charge in [-0.25, -0.2) is 15.8 Å². The maximum Gasteiger partial charge on any atom is 0.158 e. The minimum absolute atomic E-state index is 0.366. The molecule has 2 rings (SSSR count). The zero-order valence-corrected chi connectivity index (χ0v) is 13.4. The summed E-state index contributed by atoms with van der Waals surface area (Å²) in [5.41, 5.74) is 2.53. The molecule has 0 aliphatic heterocycles. The van der Waals surface area contributed by atoms with Crippen LogP contribution in [-0.2, 0) is 17.9 Å². The molecule has 0 radical (unpaired) electrons. The first-order chi connectivity index (χ1) is 9.71. The number of hydrogen-bond donors (Lipinski definition) is 3. The van der Waals surface area contributed by atoms with Crippen molar-refractivity contribution in [2.45, 2.75) is 20.1 Å². The molecule has 0 bridgehead atoms. The lowest BCUT2D eigenvalue weighted by atomic mass is 10.4. The Labute approximate surface area is 129 Å². The summed E-state index contributed by atoms with van der Waals surface area (Å²) in [6, 6.07) is 3.83. The van der Waals surface area contributed by atoms with E-state index in [0.29, 0.717) is 37.2 Å². The van der Waals surface area contributed by atoms with Gasteiger partial charge in [-0.05, 0) is 28.9 Å². The Morgan fingerprint density at radius 3 is 2.80 bits per heavy atom. The topological polar surface area (TPSA) is 85.1 Å². The average Bonchev–Trinajstić information content (AvgIpc) is 2.88. The molecule has 2 heterocycles. The first-order valence-corrected chi connectivity index (χ1v) is 7.77. The maximum atomic E-state index is 5.41. The molecule has 0 saturated carbocycles. The van der Waals surface area contributed by atoms with Crippen LogP contribution in [0.2, 0.25) is 0 Å². The van der Waals surface area contributed by atoms with Gasteiger partial charge in [-0.2, -0.15) is 0 Å². The molecule has 2 aromatic rings. The summed E-state index contributed by atoms with van der Waals surface area (Å²) in [5, 5.41) is 5.30. The fraction of sp³-hybridized carbons (Fsp3) is 0.333. The molecule has 8 heteroatoms. The van der Waals surface area contributed by atoms with Crippen LogP contribution in [0.15, 0.2) is 22.0 Å². The number of halogens is 1. The highest BCUT2D eigenvalue weighted by Crippen LogP contribution is 2.21. The van der Waals surface area contributed by atoms with Crippen molar-refractivity contribution in [3.63, 3.8) is 0 Å². The number of rotatable bonds is 7. The SMILES string of the molecule is CCOCc1nc(NN)cc(NCc2cc(Br)cs2)n1. The van der Waals surface area contributed by atoms with Gasteiger partial charge in [0, 0.05) is 27.4 Å². The van der Waals surface area contributed by atoms with E-state index in [1.165, 1.54) is 4.88 Å². The highest BCUT2D eigenvalue weighted by Gasteiger charge is 2.05. The van der Waals surface area contributed by atoms with Crippen LogP contribution < -0.4 is 16.6 Å². The number of nitrogen functional groups attached to an aromatic ring is 1. The molecule has 0 aliphatic carbocycles. The summed E-state index contributed by atoms with van der Waals surface area (Å²) in [5.74, 6) is 7.28. The van der Waals surface area contributed by atoms with Gasteiger partial charge in [0.1, 0.15) is 18.2 Å². The Balaban J connectivity index is 2.05. The molecule has 0 amide bonds. The molecule has 20 heavy (non-hydrogen) atoms. The third-order valence-corrected chi connectivity index (χ3v) is 4.12. The van der Waals surface area contributed by atoms with E-state index in [0.717, 1.165) is 4.47 Å². The Morgan fingerprint density at radius 2 is 2.15 bits per heavy atom. The second-order valence-corrected chi connectivity index (χ2v) is 5.83. The highest BCUT2D eigenvalue weighted by atomic mass is 79.9. The minimum atomic E-state index is 0.366. The quantitative estimate of drug-likeness (QED) is 0.521. The van der Waals surface area contributed by atoms with E-state index in [1.54, 1.807) is 17.4 Å². The molecule has 0 spiro atoms. The fourth-order valence-electron chi connectivity index (χ4n) is 1.54. The van der Waals surface area contributed by atoms with Crippen molar-refractivity contribution >= 4 is 38.9 Å². The monoisotopic (exact) mass is 357 g/mol. The number of hydrogen-bond acceptors (Lipinski definition) is 7. The van der Waals surface area contributed by atoms with E-state index in [2.05, 4.69) is 42.7 Å². The standard InChI is InChI=1S/C12H16BrN5OS/c1-2-19-6-12-16-10(4-11(17-12)18-14)15-5-9-3-8(13)7-20-9/h3-4,7H,2,5-6,14H2,1H3,(H2,15,16,17,18). The Hall–Kier alpha value is -1.22. The van der Waals surface area contributed by atoms with Crippen LogP contribution >= 0.6 is 27.3 Å². The van der Waals surface area contributed by atoms with Crippen LogP contribution in [0.3, 0.4) is 0 Å². The zero-order valence-electron chi connectivity index (χ0n) is 11.0. The van der Waals surface area contributed by atoms with E-state index in [1.807, 2.05) is 12.3 Å². The van der Waals surface area contributed by atoms with Gasteiger partial charge in [-0.1, -0.05) is 0 Å². The lowest BCUT2D eigenvalue weighted by Crippen LogP contribution is -2.12. The van der Waals surface area contributed by atoms with E-state index in [-0.39, 0.29) is 0 Å². The van der Waals surface area contributed by atoms with Gasteiger partial charge in [0.05, 0.1) is 6.54 Å².